The molecule has 0 saturated heterocycles. The average molecular weight is 604 g/mol. The number of carbonyl (C=O) groups excluding carboxylic acids is 2. The van der Waals surface area contributed by atoms with Gasteiger partial charge in [0.25, 0.3) is 11.8 Å². The Kier molecular flexibility index (Phi) is 9.27. The van der Waals surface area contributed by atoms with Crippen LogP contribution in [0.3, 0.4) is 0 Å². The van der Waals surface area contributed by atoms with Gasteiger partial charge in [0.15, 0.2) is 0 Å². The van der Waals surface area contributed by atoms with Gasteiger partial charge in [-0.25, -0.2) is 4.39 Å². The largest absolute Gasteiger partial charge is 0.395 e. The summed E-state index contributed by atoms with van der Waals surface area (Å²) in [7, 11) is 0. The highest BCUT2D eigenvalue weighted by atomic mass is 127. The molecule has 1 aliphatic heterocycles. The van der Waals surface area contributed by atoms with Crippen molar-refractivity contribution in [3.05, 3.63) is 43.6 Å². The number of aliphatic hydroxyl groups is 2. The number of aliphatic hydroxyl groups excluding tert-OH is 2. The van der Waals surface area contributed by atoms with Crippen LogP contribution in [0.25, 0.3) is 0 Å². The lowest BCUT2D eigenvalue weighted by Crippen LogP contribution is -2.38. The van der Waals surface area contributed by atoms with Crippen LogP contribution < -0.4 is 16.0 Å². The summed E-state index contributed by atoms with van der Waals surface area (Å²) in [6.45, 7) is 5.94. The second-order valence-corrected chi connectivity index (χ2v) is 11.2. The van der Waals surface area contributed by atoms with Gasteiger partial charge in [0.2, 0.25) is 0 Å². The summed E-state index contributed by atoms with van der Waals surface area (Å²) in [5, 5.41) is 27.6. The average Bonchev–Trinajstić information content (AvgIpc) is 3.06. The molecule has 2 heterocycles. The Balaban J connectivity index is 1.92. The van der Waals surface area contributed by atoms with E-state index in [0.717, 1.165) is 14.9 Å². The highest BCUT2D eigenvalue weighted by molar-refractivity contribution is 14.1. The van der Waals surface area contributed by atoms with Crippen LogP contribution in [-0.2, 0) is 6.42 Å². The Morgan fingerprint density at radius 2 is 1.97 bits per heavy atom. The zero-order valence-electron chi connectivity index (χ0n) is 19.2. The summed E-state index contributed by atoms with van der Waals surface area (Å²) >= 11 is 3.17. The number of anilines is 2. The molecule has 0 saturated carbocycles. The predicted molar refractivity (Wildman–Crippen MR) is 139 cm³/mol. The molecule has 1 aromatic carbocycles. The zero-order valence-corrected chi connectivity index (χ0v) is 22.2. The van der Waals surface area contributed by atoms with Gasteiger partial charge in [-0.15, -0.1) is 11.3 Å². The van der Waals surface area contributed by atoms with Crippen molar-refractivity contribution in [3.8, 4) is 0 Å². The third-order valence-corrected chi connectivity index (χ3v) is 7.37. The molecule has 2 aromatic rings. The van der Waals surface area contributed by atoms with Crippen molar-refractivity contribution in [2.24, 2.45) is 5.41 Å². The molecule has 8 nitrogen and oxygen atoms in total. The van der Waals surface area contributed by atoms with Crippen LogP contribution >= 0.6 is 33.9 Å². The molecule has 3 rings (SSSR count). The number of halogens is 2. The van der Waals surface area contributed by atoms with Gasteiger partial charge < -0.3 is 26.2 Å². The lowest BCUT2D eigenvalue weighted by molar-refractivity contribution is 0.0940. The van der Waals surface area contributed by atoms with E-state index in [1.54, 1.807) is 12.1 Å². The highest BCUT2D eigenvalue weighted by Crippen LogP contribution is 2.40. The fourth-order valence-corrected chi connectivity index (χ4v) is 5.43. The minimum Gasteiger partial charge on any atom is -0.395 e. The number of amides is 2. The first-order valence-corrected chi connectivity index (χ1v) is 12.9. The molecule has 1 aromatic heterocycles. The molecule has 5 N–H and O–H groups in total. The molecule has 186 valence electrons. The third kappa shape index (κ3) is 6.66. The quantitative estimate of drug-likeness (QED) is 0.267. The molecular formula is C23H30FIN4O4S. The van der Waals surface area contributed by atoms with Gasteiger partial charge in [0.05, 0.1) is 29.3 Å². The van der Waals surface area contributed by atoms with Crippen molar-refractivity contribution >= 4 is 56.4 Å². The van der Waals surface area contributed by atoms with Crippen molar-refractivity contribution in [2.45, 2.75) is 20.3 Å². The van der Waals surface area contributed by atoms with Crippen molar-refractivity contribution in [1.29, 1.82) is 0 Å². The number of nitrogens with one attached hydrogen (secondary N) is 3. The van der Waals surface area contributed by atoms with Gasteiger partial charge in [0.1, 0.15) is 10.8 Å². The normalized spacial score (nSPS) is 15.0. The minimum atomic E-state index is -0.449. The van der Waals surface area contributed by atoms with Crippen LogP contribution in [-0.4, -0.2) is 72.9 Å². The maximum atomic E-state index is 14.6. The second-order valence-electron chi connectivity index (χ2n) is 8.93. The Labute approximate surface area is 216 Å². The minimum absolute atomic E-state index is 0.0498. The van der Waals surface area contributed by atoms with Gasteiger partial charge in [-0.05, 0) is 58.2 Å². The van der Waals surface area contributed by atoms with Crippen LogP contribution in [0, 0.1) is 14.8 Å². The number of hydrogen-bond donors (Lipinski definition) is 5. The van der Waals surface area contributed by atoms with Crippen molar-refractivity contribution in [3.63, 3.8) is 0 Å². The topological polar surface area (TPSA) is 114 Å². The first kappa shape index (κ1) is 26.8. The molecule has 0 bridgehead atoms. The van der Waals surface area contributed by atoms with E-state index in [4.69, 9.17) is 0 Å². The maximum Gasteiger partial charge on any atom is 0.261 e. The number of thiophene rings is 1. The molecule has 0 unspecified atom stereocenters. The van der Waals surface area contributed by atoms with Crippen LogP contribution in [0.1, 0.15) is 39.4 Å². The maximum absolute atomic E-state index is 14.6. The number of hydrogen-bond acceptors (Lipinski definition) is 7. The van der Waals surface area contributed by atoms with E-state index in [2.05, 4.69) is 16.0 Å². The first-order valence-electron chi connectivity index (χ1n) is 11.0. The van der Waals surface area contributed by atoms with E-state index >= 15 is 0 Å². The number of rotatable bonds is 10. The second kappa shape index (κ2) is 11.8. The standard InChI is InChI=1S/C23H30FIN4O4S/c1-23(2)12-15-18(20(32)26-5-6-29(7-9-30)8-10-31)22(34-19(15)21(33)27-13-23)28-17-4-3-14(25)11-16(17)24/h3-4,11,28,30-31H,5-10,12-13H2,1-2H3,(H,26,32)(H,27,33). The van der Waals surface area contributed by atoms with E-state index in [1.165, 1.54) is 6.07 Å². The number of fused-ring (bicyclic) bond motifs is 1. The SMILES string of the molecule is CC1(C)CNC(=O)c2sc(Nc3ccc(I)cc3F)c(C(=O)NCCN(CCO)CCO)c2C1. The van der Waals surface area contributed by atoms with Gasteiger partial charge in [-0.2, -0.15) is 0 Å². The molecule has 0 atom stereocenters. The summed E-state index contributed by atoms with van der Waals surface area (Å²) in [6, 6.07) is 4.76. The van der Waals surface area contributed by atoms with Crippen LogP contribution in [0.2, 0.25) is 0 Å². The Bertz CT molecular complexity index is 1040. The zero-order chi connectivity index (χ0) is 24.9. The molecule has 0 aliphatic carbocycles. The van der Waals surface area contributed by atoms with E-state index in [0.29, 0.717) is 53.6 Å². The number of benzene rings is 1. The molecular weight excluding hydrogens is 574 g/mol. The lowest BCUT2D eigenvalue weighted by atomic mass is 9.85. The van der Waals surface area contributed by atoms with Crippen LogP contribution in [0.5, 0.6) is 0 Å². The molecule has 2 amide bonds. The summed E-state index contributed by atoms with van der Waals surface area (Å²) in [5.74, 6) is -1.05. The summed E-state index contributed by atoms with van der Waals surface area (Å²) in [5.41, 5.74) is 0.960. The molecule has 11 heteroatoms. The third-order valence-electron chi connectivity index (χ3n) is 5.55. The fraction of sp³-hybridized carbons (Fsp3) is 0.478. The van der Waals surface area contributed by atoms with Gasteiger partial charge >= 0.3 is 0 Å². The van der Waals surface area contributed by atoms with Crippen molar-refractivity contribution in [1.82, 2.24) is 15.5 Å². The summed E-state index contributed by atoms with van der Waals surface area (Å²) < 4.78 is 15.3. The lowest BCUT2D eigenvalue weighted by Gasteiger charge is -2.23. The highest BCUT2D eigenvalue weighted by Gasteiger charge is 2.34. The molecule has 0 spiro atoms. The van der Waals surface area contributed by atoms with E-state index in [9.17, 15) is 24.2 Å². The van der Waals surface area contributed by atoms with E-state index < -0.39 is 5.82 Å². The monoisotopic (exact) mass is 604 g/mol. The number of nitrogens with zero attached hydrogens (tertiary/aromatic N) is 1. The Morgan fingerprint density at radius 1 is 1.26 bits per heavy atom. The fourth-order valence-electron chi connectivity index (χ4n) is 3.83. The Morgan fingerprint density at radius 3 is 2.62 bits per heavy atom. The van der Waals surface area contributed by atoms with Gasteiger partial charge in [-0.1, -0.05) is 13.8 Å². The molecule has 0 fully saturated rings. The summed E-state index contributed by atoms with van der Waals surface area (Å²) in [4.78, 5) is 28.5. The van der Waals surface area contributed by atoms with E-state index in [-0.39, 0.29) is 42.7 Å². The van der Waals surface area contributed by atoms with Crippen LogP contribution in [0.4, 0.5) is 15.1 Å². The molecule has 1 aliphatic rings. The number of carbonyl (C=O) groups is 2. The first-order chi connectivity index (χ1) is 16.1. The molecule has 0 radical (unpaired) electrons. The van der Waals surface area contributed by atoms with Crippen molar-refractivity contribution < 1.29 is 24.2 Å². The van der Waals surface area contributed by atoms with Crippen LogP contribution in [0.15, 0.2) is 18.2 Å². The van der Waals surface area contributed by atoms with E-state index in [1.807, 2.05) is 41.3 Å². The smallest absolute Gasteiger partial charge is 0.261 e. The predicted octanol–water partition coefficient (Wildman–Crippen LogP) is 2.56. The van der Waals surface area contributed by atoms with Crippen molar-refractivity contribution in [2.75, 3.05) is 51.3 Å². The van der Waals surface area contributed by atoms with Gasteiger partial charge in [0, 0.05) is 36.3 Å². The Hall–Kier alpha value is -1.80. The molecule has 34 heavy (non-hydrogen) atoms. The summed E-state index contributed by atoms with van der Waals surface area (Å²) in [6.07, 6.45) is 0.512. The van der Waals surface area contributed by atoms with Gasteiger partial charge in [-0.3, -0.25) is 14.5 Å².